The maximum Gasteiger partial charge on any atom is 0.0591 e. The third-order valence-electron chi connectivity index (χ3n) is 3.96. The molecule has 2 unspecified atom stereocenters. The van der Waals surface area contributed by atoms with Gasteiger partial charge in [-0.05, 0) is 30.9 Å². The molecule has 0 fully saturated rings. The molecule has 2 atom stereocenters. The summed E-state index contributed by atoms with van der Waals surface area (Å²) < 4.78 is 0. The summed E-state index contributed by atoms with van der Waals surface area (Å²) >= 11 is 0. The van der Waals surface area contributed by atoms with E-state index in [1.165, 1.54) is 11.1 Å². The third kappa shape index (κ3) is 2.91. The van der Waals surface area contributed by atoms with Crippen LogP contribution < -0.4 is 0 Å². The highest BCUT2D eigenvalue weighted by molar-refractivity contribution is 5.27. The molecular formula is C18H25N. The van der Waals surface area contributed by atoms with E-state index in [1.807, 2.05) is 0 Å². The average Bonchev–Trinajstić information content (AvgIpc) is 2.35. The van der Waals surface area contributed by atoms with Crippen LogP contribution in [-0.2, 0) is 0 Å². The molecule has 1 aromatic carbocycles. The Kier molecular flexibility index (Phi) is 3.84. The zero-order valence-electron chi connectivity index (χ0n) is 12.7. The SMILES string of the molecule is CC1=CC=CN(C(c2ccccc2)C(C)(C)C)C1C. The van der Waals surface area contributed by atoms with Crippen molar-refractivity contribution in [1.82, 2.24) is 4.90 Å². The molecule has 0 N–H and O–H groups in total. The van der Waals surface area contributed by atoms with E-state index in [2.05, 4.69) is 88.2 Å². The van der Waals surface area contributed by atoms with Crippen LogP contribution in [0.15, 0.2) is 54.3 Å². The Labute approximate surface area is 117 Å². The van der Waals surface area contributed by atoms with Crippen molar-refractivity contribution in [3.05, 3.63) is 59.8 Å². The molecule has 1 aliphatic heterocycles. The van der Waals surface area contributed by atoms with Gasteiger partial charge >= 0.3 is 0 Å². The predicted molar refractivity (Wildman–Crippen MR) is 82.8 cm³/mol. The molecule has 0 bridgehead atoms. The zero-order valence-corrected chi connectivity index (χ0v) is 12.7. The first kappa shape index (κ1) is 13.9. The van der Waals surface area contributed by atoms with Crippen LogP contribution in [0.2, 0.25) is 0 Å². The van der Waals surface area contributed by atoms with E-state index in [-0.39, 0.29) is 5.41 Å². The molecule has 102 valence electrons. The molecule has 0 saturated carbocycles. The summed E-state index contributed by atoms with van der Waals surface area (Å²) in [6, 6.07) is 11.7. The molecule has 1 nitrogen and oxygen atoms in total. The Morgan fingerprint density at radius 3 is 2.32 bits per heavy atom. The van der Waals surface area contributed by atoms with Gasteiger partial charge in [-0.1, -0.05) is 62.8 Å². The minimum atomic E-state index is 0.192. The summed E-state index contributed by atoms with van der Waals surface area (Å²) in [7, 11) is 0. The molecule has 1 aromatic rings. The number of benzene rings is 1. The van der Waals surface area contributed by atoms with Crippen LogP contribution in [0.5, 0.6) is 0 Å². The highest BCUT2D eigenvalue weighted by Crippen LogP contribution is 2.40. The lowest BCUT2D eigenvalue weighted by Crippen LogP contribution is -2.40. The van der Waals surface area contributed by atoms with E-state index in [9.17, 15) is 0 Å². The molecule has 0 amide bonds. The van der Waals surface area contributed by atoms with E-state index >= 15 is 0 Å². The van der Waals surface area contributed by atoms with Crippen molar-refractivity contribution in [2.24, 2.45) is 5.41 Å². The van der Waals surface area contributed by atoms with Crippen LogP contribution in [-0.4, -0.2) is 10.9 Å². The molecule has 0 spiro atoms. The molecule has 0 saturated heterocycles. The minimum Gasteiger partial charge on any atom is -0.364 e. The third-order valence-corrected chi connectivity index (χ3v) is 3.96. The predicted octanol–water partition coefficient (Wildman–Crippen LogP) is 4.94. The number of nitrogens with zero attached hydrogens (tertiary/aromatic N) is 1. The fraction of sp³-hybridized carbons (Fsp3) is 0.444. The van der Waals surface area contributed by atoms with Gasteiger partial charge in [0.15, 0.2) is 0 Å². The van der Waals surface area contributed by atoms with Gasteiger partial charge in [0.05, 0.1) is 6.04 Å². The fourth-order valence-corrected chi connectivity index (χ4v) is 2.86. The van der Waals surface area contributed by atoms with Crippen LogP contribution in [0, 0.1) is 5.41 Å². The maximum atomic E-state index is 2.49. The lowest BCUT2D eigenvalue weighted by Gasteiger charge is -2.44. The van der Waals surface area contributed by atoms with Crippen molar-refractivity contribution in [2.75, 3.05) is 0 Å². The minimum absolute atomic E-state index is 0.192. The summed E-state index contributed by atoms with van der Waals surface area (Å²) in [6.07, 6.45) is 6.61. The molecule has 0 radical (unpaired) electrons. The van der Waals surface area contributed by atoms with Crippen LogP contribution in [0.1, 0.15) is 46.2 Å². The topological polar surface area (TPSA) is 3.24 Å². The van der Waals surface area contributed by atoms with Crippen molar-refractivity contribution < 1.29 is 0 Å². The van der Waals surface area contributed by atoms with Crippen molar-refractivity contribution >= 4 is 0 Å². The van der Waals surface area contributed by atoms with Crippen LogP contribution in [0.4, 0.5) is 0 Å². The van der Waals surface area contributed by atoms with E-state index in [1.54, 1.807) is 0 Å². The Bertz CT molecular complexity index is 476. The number of hydrogen-bond acceptors (Lipinski definition) is 1. The molecule has 1 aliphatic rings. The summed E-state index contributed by atoms with van der Waals surface area (Å²) in [5, 5.41) is 0. The summed E-state index contributed by atoms with van der Waals surface area (Å²) in [6.45, 7) is 11.5. The van der Waals surface area contributed by atoms with E-state index < -0.39 is 0 Å². The quantitative estimate of drug-likeness (QED) is 0.723. The highest BCUT2D eigenvalue weighted by Gasteiger charge is 2.33. The first-order valence-electron chi connectivity index (χ1n) is 7.08. The van der Waals surface area contributed by atoms with Gasteiger partial charge in [0.2, 0.25) is 0 Å². The van der Waals surface area contributed by atoms with Gasteiger partial charge < -0.3 is 4.90 Å². The number of hydrogen-bond donors (Lipinski definition) is 0. The second-order valence-corrected chi connectivity index (χ2v) is 6.55. The molecule has 1 heterocycles. The van der Waals surface area contributed by atoms with Crippen LogP contribution >= 0.6 is 0 Å². The monoisotopic (exact) mass is 255 g/mol. The number of allylic oxidation sites excluding steroid dienone is 2. The van der Waals surface area contributed by atoms with E-state index in [0.717, 1.165) is 0 Å². The first-order valence-corrected chi connectivity index (χ1v) is 7.08. The zero-order chi connectivity index (χ0) is 14.0. The van der Waals surface area contributed by atoms with E-state index in [0.29, 0.717) is 12.1 Å². The summed E-state index contributed by atoms with van der Waals surface area (Å²) in [5.74, 6) is 0. The Balaban J connectivity index is 2.41. The Morgan fingerprint density at radius 1 is 1.11 bits per heavy atom. The van der Waals surface area contributed by atoms with Gasteiger partial charge in [-0.15, -0.1) is 0 Å². The molecule has 0 aromatic heterocycles. The van der Waals surface area contributed by atoms with Gasteiger partial charge in [-0.3, -0.25) is 0 Å². The normalized spacial score (nSPS) is 21.2. The molecule has 19 heavy (non-hydrogen) atoms. The second kappa shape index (κ2) is 5.24. The van der Waals surface area contributed by atoms with Gasteiger partial charge in [-0.25, -0.2) is 0 Å². The van der Waals surface area contributed by atoms with Gasteiger partial charge in [0.25, 0.3) is 0 Å². The average molecular weight is 255 g/mol. The summed E-state index contributed by atoms with van der Waals surface area (Å²) in [4.78, 5) is 2.49. The lowest BCUT2D eigenvalue weighted by atomic mass is 9.80. The molecule has 2 rings (SSSR count). The number of rotatable bonds is 2. The Morgan fingerprint density at radius 2 is 1.74 bits per heavy atom. The lowest BCUT2D eigenvalue weighted by molar-refractivity contribution is 0.123. The fourth-order valence-electron chi connectivity index (χ4n) is 2.86. The van der Waals surface area contributed by atoms with Gasteiger partial charge in [-0.2, -0.15) is 0 Å². The van der Waals surface area contributed by atoms with Crippen molar-refractivity contribution in [1.29, 1.82) is 0 Å². The van der Waals surface area contributed by atoms with Crippen LogP contribution in [0.3, 0.4) is 0 Å². The van der Waals surface area contributed by atoms with Crippen molar-refractivity contribution in [3.63, 3.8) is 0 Å². The second-order valence-electron chi connectivity index (χ2n) is 6.55. The maximum absolute atomic E-state index is 2.49. The van der Waals surface area contributed by atoms with Crippen molar-refractivity contribution in [3.8, 4) is 0 Å². The Hall–Kier alpha value is -1.50. The van der Waals surface area contributed by atoms with Crippen LogP contribution in [0.25, 0.3) is 0 Å². The van der Waals surface area contributed by atoms with E-state index in [4.69, 9.17) is 0 Å². The van der Waals surface area contributed by atoms with Gasteiger partial charge in [0.1, 0.15) is 0 Å². The molecular weight excluding hydrogens is 230 g/mol. The largest absolute Gasteiger partial charge is 0.364 e. The molecule has 1 heteroatoms. The first-order chi connectivity index (χ1) is 8.91. The summed E-state index contributed by atoms with van der Waals surface area (Å²) in [5.41, 5.74) is 3.01. The highest BCUT2D eigenvalue weighted by atomic mass is 15.2. The van der Waals surface area contributed by atoms with Crippen molar-refractivity contribution in [2.45, 2.75) is 46.7 Å². The smallest absolute Gasteiger partial charge is 0.0591 e. The molecule has 0 aliphatic carbocycles. The standard InChI is InChI=1S/C18H25N/c1-14-10-9-13-19(15(14)2)17(18(3,4)5)16-11-7-6-8-12-16/h6-13,15,17H,1-5H3. The van der Waals surface area contributed by atoms with Gasteiger partial charge in [0, 0.05) is 12.2 Å².